The van der Waals surface area contributed by atoms with Crippen molar-refractivity contribution >= 4 is 5.78 Å². The summed E-state index contributed by atoms with van der Waals surface area (Å²) >= 11 is 0. The smallest absolute Gasteiger partial charge is 0.133 e. The molecule has 1 N–H and O–H groups in total. The van der Waals surface area contributed by atoms with E-state index in [1.165, 1.54) is 0 Å². The second-order valence-electron chi connectivity index (χ2n) is 3.18. The number of rotatable bonds is 1. The highest BCUT2D eigenvalue weighted by Gasteiger charge is 2.32. The predicted octanol–water partition coefficient (Wildman–Crippen LogP) is 0.738. The minimum absolute atomic E-state index is 0.0862. The first-order valence-corrected chi connectivity index (χ1v) is 3.29. The Morgan fingerprint density at radius 3 is 2.67 bits per heavy atom. The van der Waals surface area contributed by atoms with Crippen LogP contribution in [-0.4, -0.2) is 17.5 Å². The van der Waals surface area contributed by atoms with Crippen LogP contribution in [0.15, 0.2) is 0 Å². The predicted molar refractivity (Wildman–Crippen MR) is 34.1 cm³/mol. The zero-order valence-electron chi connectivity index (χ0n) is 5.68. The van der Waals surface area contributed by atoms with Crippen molar-refractivity contribution < 1.29 is 9.90 Å². The molecule has 1 aliphatic rings. The molecule has 9 heavy (non-hydrogen) atoms. The van der Waals surface area contributed by atoms with E-state index >= 15 is 0 Å². The van der Waals surface area contributed by atoms with Crippen LogP contribution in [0.4, 0.5) is 0 Å². The van der Waals surface area contributed by atoms with Gasteiger partial charge in [-0.25, -0.2) is 0 Å². The molecule has 1 saturated carbocycles. The normalized spacial score (nSPS) is 35.6. The summed E-state index contributed by atoms with van der Waals surface area (Å²) in [6.07, 6.45) is 2.10. The fourth-order valence-corrected chi connectivity index (χ4v) is 1.23. The number of carbonyl (C=O) groups is 1. The molecule has 0 aliphatic heterocycles. The van der Waals surface area contributed by atoms with Crippen molar-refractivity contribution in [2.45, 2.75) is 26.2 Å². The van der Waals surface area contributed by atoms with E-state index in [0.29, 0.717) is 18.6 Å². The summed E-state index contributed by atoms with van der Waals surface area (Å²) in [5.74, 6) is 0.298. The van der Waals surface area contributed by atoms with E-state index in [0.717, 1.165) is 6.42 Å². The van der Waals surface area contributed by atoms with Crippen molar-refractivity contribution in [3.05, 3.63) is 0 Å². The lowest BCUT2D eigenvalue weighted by Crippen LogP contribution is -2.16. The van der Waals surface area contributed by atoms with Gasteiger partial charge in [-0.15, -0.1) is 0 Å². The maximum atomic E-state index is 10.7. The Hall–Kier alpha value is -0.370. The van der Waals surface area contributed by atoms with E-state index in [1.807, 2.05) is 6.92 Å². The van der Waals surface area contributed by atoms with Gasteiger partial charge in [0.2, 0.25) is 0 Å². The molecular formula is C7H12O2. The third-order valence-electron chi connectivity index (χ3n) is 2.01. The average molecular weight is 128 g/mol. The van der Waals surface area contributed by atoms with Crippen LogP contribution in [0.3, 0.4) is 0 Å². The first kappa shape index (κ1) is 6.75. The first-order valence-electron chi connectivity index (χ1n) is 3.29. The maximum absolute atomic E-state index is 10.7. The van der Waals surface area contributed by atoms with Crippen molar-refractivity contribution in [3.63, 3.8) is 0 Å². The van der Waals surface area contributed by atoms with Crippen molar-refractivity contribution in [2.75, 3.05) is 6.61 Å². The molecule has 0 radical (unpaired) electrons. The number of aliphatic hydroxyl groups is 1. The average Bonchev–Trinajstić information content (AvgIpc) is 2.13. The Kier molecular flexibility index (Phi) is 1.58. The Labute approximate surface area is 54.9 Å². The maximum Gasteiger partial charge on any atom is 0.133 e. The molecule has 0 aromatic rings. The molecule has 0 amide bonds. The lowest BCUT2D eigenvalue weighted by atomic mass is 9.90. The Bertz CT molecular complexity index is 131. The van der Waals surface area contributed by atoms with E-state index in [1.54, 1.807) is 0 Å². The molecule has 2 heteroatoms. The Morgan fingerprint density at radius 1 is 1.78 bits per heavy atom. The largest absolute Gasteiger partial charge is 0.396 e. The van der Waals surface area contributed by atoms with Crippen molar-refractivity contribution in [3.8, 4) is 0 Å². The fourth-order valence-electron chi connectivity index (χ4n) is 1.23. The highest BCUT2D eigenvalue weighted by molar-refractivity contribution is 5.81. The highest BCUT2D eigenvalue weighted by Crippen LogP contribution is 2.34. The van der Waals surface area contributed by atoms with Gasteiger partial charge in [0.1, 0.15) is 5.78 Å². The van der Waals surface area contributed by atoms with Crippen LogP contribution < -0.4 is 0 Å². The summed E-state index contributed by atoms with van der Waals surface area (Å²) in [7, 11) is 0. The first-order chi connectivity index (χ1) is 4.16. The zero-order chi connectivity index (χ0) is 6.91. The van der Waals surface area contributed by atoms with Crippen LogP contribution in [0.5, 0.6) is 0 Å². The third kappa shape index (κ3) is 1.30. The molecule has 0 aromatic heterocycles. The second kappa shape index (κ2) is 2.10. The summed E-state index contributed by atoms with van der Waals surface area (Å²) in [6, 6.07) is 0. The van der Waals surface area contributed by atoms with E-state index in [-0.39, 0.29) is 12.0 Å². The zero-order valence-corrected chi connectivity index (χ0v) is 5.68. The van der Waals surface area contributed by atoms with Gasteiger partial charge in [0.25, 0.3) is 0 Å². The minimum atomic E-state index is -0.0862. The standard InChI is InChI=1S/C7H12O2/c1-7(5-8)3-2-6(9)4-7/h8H,2-5H2,1H3. The Balaban J connectivity index is 2.54. The summed E-state index contributed by atoms with van der Waals surface area (Å²) < 4.78 is 0. The van der Waals surface area contributed by atoms with Crippen LogP contribution >= 0.6 is 0 Å². The van der Waals surface area contributed by atoms with Crippen LogP contribution in [-0.2, 0) is 4.79 Å². The monoisotopic (exact) mass is 128 g/mol. The molecule has 1 fully saturated rings. The van der Waals surface area contributed by atoms with Gasteiger partial charge < -0.3 is 5.11 Å². The Morgan fingerprint density at radius 2 is 2.44 bits per heavy atom. The fraction of sp³-hybridized carbons (Fsp3) is 0.857. The summed E-state index contributed by atoms with van der Waals surface area (Å²) in [5.41, 5.74) is -0.0862. The molecule has 52 valence electrons. The number of aliphatic hydroxyl groups excluding tert-OH is 1. The van der Waals surface area contributed by atoms with Gasteiger partial charge in [0.15, 0.2) is 0 Å². The number of carbonyl (C=O) groups excluding carboxylic acids is 1. The lowest BCUT2D eigenvalue weighted by molar-refractivity contribution is -0.118. The van der Waals surface area contributed by atoms with E-state index in [2.05, 4.69) is 0 Å². The number of hydrogen-bond acceptors (Lipinski definition) is 2. The highest BCUT2D eigenvalue weighted by atomic mass is 16.3. The molecule has 1 unspecified atom stereocenters. The van der Waals surface area contributed by atoms with Crippen molar-refractivity contribution in [1.82, 2.24) is 0 Å². The molecule has 0 aromatic carbocycles. The third-order valence-corrected chi connectivity index (χ3v) is 2.01. The van der Waals surface area contributed by atoms with Gasteiger partial charge in [0, 0.05) is 19.4 Å². The molecule has 1 rings (SSSR count). The molecule has 1 atom stereocenters. The molecule has 0 spiro atoms. The molecule has 1 aliphatic carbocycles. The SMILES string of the molecule is CC1(CO)CCC(=O)C1. The number of ketones is 1. The molecule has 0 heterocycles. The van der Waals surface area contributed by atoms with Gasteiger partial charge in [-0.05, 0) is 11.8 Å². The van der Waals surface area contributed by atoms with Gasteiger partial charge in [-0.2, -0.15) is 0 Å². The van der Waals surface area contributed by atoms with E-state index < -0.39 is 0 Å². The second-order valence-corrected chi connectivity index (χ2v) is 3.18. The van der Waals surface area contributed by atoms with Crippen molar-refractivity contribution in [1.29, 1.82) is 0 Å². The topological polar surface area (TPSA) is 37.3 Å². The molecule has 2 nitrogen and oxygen atoms in total. The molecule has 0 bridgehead atoms. The lowest BCUT2D eigenvalue weighted by Gasteiger charge is -2.17. The van der Waals surface area contributed by atoms with Crippen LogP contribution in [0.1, 0.15) is 26.2 Å². The van der Waals surface area contributed by atoms with Gasteiger partial charge in [0.05, 0.1) is 0 Å². The quantitative estimate of drug-likeness (QED) is 0.565. The minimum Gasteiger partial charge on any atom is -0.396 e. The molecule has 0 saturated heterocycles. The van der Waals surface area contributed by atoms with Crippen LogP contribution in [0, 0.1) is 5.41 Å². The van der Waals surface area contributed by atoms with Gasteiger partial charge in [-0.3, -0.25) is 4.79 Å². The molecular weight excluding hydrogens is 116 g/mol. The van der Waals surface area contributed by atoms with Gasteiger partial charge in [-0.1, -0.05) is 6.92 Å². The van der Waals surface area contributed by atoms with Crippen LogP contribution in [0.25, 0.3) is 0 Å². The number of hydrogen-bond donors (Lipinski definition) is 1. The summed E-state index contributed by atoms with van der Waals surface area (Å²) in [5, 5.41) is 8.79. The van der Waals surface area contributed by atoms with E-state index in [4.69, 9.17) is 5.11 Å². The number of Topliss-reactive ketones (excluding diaryl/α,β-unsaturated/α-hetero) is 1. The van der Waals surface area contributed by atoms with Crippen LogP contribution in [0.2, 0.25) is 0 Å². The van der Waals surface area contributed by atoms with E-state index in [9.17, 15) is 4.79 Å². The van der Waals surface area contributed by atoms with Crippen molar-refractivity contribution in [2.24, 2.45) is 5.41 Å². The summed E-state index contributed by atoms with van der Waals surface area (Å²) in [4.78, 5) is 10.7. The summed E-state index contributed by atoms with van der Waals surface area (Å²) in [6.45, 7) is 2.11. The van der Waals surface area contributed by atoms with Gasteiger partial charge >= 0.3 is 0 Å².